The molecular formula is C7H11BN2. The Labute approximate surface area is 62.3 Å². The molecule has 0 atom stereocenters. The van der Waals surface area contributed by atoms with Gasteiger partial charge >= 0.3 is 0 Å². The van der Waals surface area contributed by atoms with Crippen LogP contribution in [0.4, 0.5) is 5.69 Å². The second kappa shape index (κ2) is 2.73. The van der Waals surface area contributed by atoms with E-state index in [1.807, 2.05) is 39.2 Å². The Hall–Kier alpha value is -0.985. The number of hydrogen-bond acceptors (Lipinski definition) is 2. The fourth-order valence-electron chi connectivity index (χ4n) is 0.784. The van der Waals surface area contributed by atoms with Crippen molar-refractivity contribution in [2.24, 2.45) is 0 Å². The summed E-state index contributed by atoms with van der Waals surface area (Å²) in [6.07, 6.45) is 3.71. The molecule has 0 bridgehead atoms. The molecule has 0 fully saturated rings. The van der Waals surface area contributed by atoms with Crippen LogP contribution in [0.2, 0.25) is 0 Å². The van der Waals surface area contributed by atoms with Gasteiger partial charge in [-0.15, -0.1) is 0 Å². The normalized spacial score (nSPS) is 9.40. The Morgan fingerprint density at radius 2 is 2.10 bits per heavy atom. The van der Waals surface area contributed by atoms with Crippen LogP contribution in [0.5, 0.6) is 0 Å². The molecule has 0 aliphatic heterocycles. The van der Waals surface area contributed by atoms with Crippen LogP contribution in [-0.4, -0.2) is 26.9 Å². The third-order valence-electron chi connectivity index (χ3n) is 1.38. The van der Waals surface area contributed by atoms with Crippen molar-refractivity contribution in [3.8, 4) is 0 Å². The van der Waals surface area contributed by atoms with E-state index in [-0.39, 0.29) is 0 Å². The van der Waals surface area contributed by atoms with Crippen molar-refractivity contribution in [2.45, 2.75) is 0 Å². The fourth-order valence-corrected chi connectivity index (χ4v) is 0.784. The first-order chi connectivity index (χ1) is 4.70. The standard InChI is InChI=1S/C7H11BN2/c1-10(2)7-3-6(8)4-9-5-7/h3-5H,8H2,1-2H3. The van der Waals surface area contributed by atoms with E-state index >= 15 is 0 Å². The smallest absolute Gasteiger partial charge is 0.141 e. The van der Waals surface area contributed by atoms with Gasteiger partial charge in [0, 0.05) is 20.3 Å². The predicted octanol–water partition coefficient (Wildman–Crippen LogP) is -0.594. The Morgan fingerprint density at radius 1 is 1.40 bits per heavy atom. The van der Waals surface area contributed by atoms with Gasteiger partial charge in [0.15, 0.2) is 0 Å². The van der Waals surface area contributed by atoms with Crippen LogP contribution in [-0.2, 0) is 0 Å². The molecule has 0 amide bonds. The molecule has 52 valence electrons. The molecule has 1 heterocycles. The summed E-state index contributed by atoms with van der Waals surface area (Å²) in [7, 11) is 6.06. The van der Waals surface area contributed by atoms with Crippen LogP contribution in [0.25, 0.3) is 0 Å². The summed E-state index contributed by atoms with van der Waals surface area (Å²) in [6.45, 7) is 0. The van der Waals surface area contributed by atoms with Gasteiger partial charge in [-0.05, 0) is 6.07 Å². The summed E-state index contributed by atoms with van der Waals surface area (Å²) in [5.41, 5.74) is 2.35. The lowest BCUT2D eigenvalue weighted by molar-refractivity contribution is 1.11. The molecule has 0 saturated heterocycles. The van der Waals surface area contributed by atoms with Gasteiger partial charge in [-0.25, -0.2) is 0 Å². The third kappa shape index (κ3) is 1.50. The first-order valence-electron chi connectivity index (χ1n) is 3.29. The van der Waals surface area contributed by atoms with E-state index < -0.39 is 0 Å². The largest absolute Gasteiger partial charge is 0.376 e. The second-order valence-corrected chi connectivity index (χ2v) is 2.61. The van der Waals surface area contributed by atoms with Gasteiger partial charge in [0.1, 0.15) is 7.85 Å². The Bertz CT molecular complexity index is 223. The number of rotatable bonds is 1. The average Bonchev–Trinajstić information content (AvgIpc) is 1.88. The van der Waals surface area contributed by atoms with Gasteiger partial charge in [-0.2, -0.15) is 0 Å². The maximum Gasteiger partial charge on any atom is 0.141 e. The fraction of sp³-hybridized carbons (Fsp3) is 0.286. The molecule has 0 aromatic carbocycles. The Morgan fingerprint density at radius 3 is 2.50 bits per heavy atom. The van der Waals surface area contributed by atoms with Crippen molar-refractivity contribution < 1.29 is 0 Å². The molecule has 1 rings (SSSR count). The molecule has 1 aromatic heterocycles. The monoisotopic (exact) mass is 134 g/mol. The van der Waals surface area contributed by atoms with E-state index in [0.29, 0.717) is 0 Å². The molecule has 0 aliphatic rings. The van der Waals surface area contributed by atoms with Crippen LogP contribution in [0, 0.1) is 0 Å². The van der Waals surface area contributed by atoms with Crippen molar-refractivity contribution in [2.75, 3.05) is 19.0 Å². The summed E-state index contributed by atoms with van der Waals surface area (Å²) in [5.74, 6) is 0. The van der Waals surface area contributed by atoms with Gasteiger partial charge in [-0.3, -0.25) is 4.98 Å². The molecule has 1 aromatic rings. The van der Waals surface area contributed by atoms with Crippen LogP contribution in [0.1, 0.15) is 0 Å². The quantitative estimate of drug-likeness (QED) is 0.477. The lowest BCUT2D eigenvalue weighted by Crippen LogP contribution is -2.12. The van der Waals surface area contributed by atoms with Gasteiger partial charge in [0.2, 0.25) is 0 Å². The maximum atomic E-state index is 4.06. The number of hydrogen-bond donors (Lipinski definition) is 0. The molecule has 0 unspecified atom stereocenters. The van der Waals surface area contributed by atoms with Crippen LogP contribution >= 0.6 is 0 Å². The summed E-state index contributed by atoms with van der Waals surface area (Å²) < 4.78 is 0. The summed E-state index contributed by atoms with van der Waals surface area (Å²) >= 11 is 0. The topological polar surface area (TPSA) is 16.1 Å². The zero-order valence-corrected chi connectivity index (χ0v) is 6.63. The minimum atomic E-state index is 1.15. The van der Waals surface area contributed by atoms with E-state index in [0.717, 1.165) is 5.69 Å². The highest BCUT2D eigenvalue weighted by Crippen LogP contribution is 2.03. The molecule has 10 heavy (non-hydrogen) atoms. The highest BCUT2D eigenvalue weighted by molar-refractivity contribution is 6.32. The number of nitrogens with zero attached hydrogens (tertiary/aromatic N) is 2. The molecule has 0 radical (unpaired) electrons. The molecule has 0 saturated carbocycles. The minimum absolute atomic E-state index is 1.15. The highest BCUT2D eigenvalue weighted by atomic mass is 15.1. The molecule has 2 nitrogen and oxygen atoms in total. The van der Waals surface area contributed by atoms with E-state index in [4.69, 9.17) is 0 Å². The predicted molar refractivity (Wildman–Crippen MR) is 46.7 cm³/mol. The first kappa shape index (κ1) is 7.13. The van der Waals surface area contributed by atoms with Crippen molar-refractivity contribution in [3.05, 3.63) is 18.5 Å². The summed E-state index contributed by atoms with van der Waals surface area (Å²) in [5, 5.41) is 0. The van der Waals surface area contributed by atoms with Crippen LogP contribution < -0.4 is 10.4 Å². The van der Waals surface area contributed by atoms with Gasteiger partial charge in [0.25, 0.3) is 0 Å². The van der Waals surface area contributed by atoms with Crippen LogP contribution in [0.3, 0.4) is 0 Å². The average molecular weight is 134 g/mol. The maximum absolute atomic E-state index is 4.06. The Kier molecular flexibility index (Phi) is 1.95. The van der Waals surface area contributed by atoms with Crippen molar-refractivity contribution in [3.63, 3.8) is 0 Å². The van der Waals surface area contributed by atoms with Gasteiger partial charge in [0.05, 0.1) is 11.9 Å². The number of anilines is 1. The van der Waals surface area contributed by atoms with Gasteiger partial charge < -0.3 is 4.90 Å². The van der Waals surface area contributed by atoms with Crippen molar-refractivity contribution >= 4 is 19.0 Å². The van der Waals surface area contributed by atoms with E-state index in [9.17, 15) is 0 Å². The lowest BCUT2D eigenvalue weighted by atomic mass is 9.98. The first-order valence-corrected chi connectivity index (χ1v) is 3.29. The van der Waals surface area contributed by atoms with Crippen molar-refractivity contribution in [1.82, 2.24) is 4.98 Å². The van der Waals surface area contributed by atoms with Crippen molar-refractivity contribution in [1.29, 1.82) is 0 Å². The molecule has 0 N–H and O–H groups in total. The summed E-state index contributed by atoms with van der Waals surface area (Å²) in [4.78, 5) is 6.11. The number of pyridine rings is 1. The lowest BCUT2D eigenvalue weighted by Gasteiger charge is -2.11. The van der Waals surface area contributed by atoms with Gasteiger partial charge in [-0.1, -0.05) is 5.46 Å². The van der Waals surface area contributed by atoms with E-state index in [1.54, 1.807) is 0 Å². The highest BCUT2D eigenvalue weighted by Gasteiger charge is 1.92. The third-order valence-corrected chi connectivity index (χ3v) is 1.38. The summed E-state index contributed by atoms with van der Waals surface area (Å²) in [6, 6.07) is 2.10. The zero-order valence-electron chi connectivity index (χ0n) is 6.63. The van der Waals surface area contributed by atoms with E-state index in [2.05, 4.69) is 11.1 Å². The van der Waals surface area contributed by atoms with E-state index in [1.165, 1.54) is 5.46 Å². The Balaban J connectivity index is 2.96. The molecular weight excluding hydrogens is 123 g/mol. The molecule has 0 aliphatic carbocycles. The number of aromatic nitrogens is 1. The SMILES string of the molecule is Bc1cncc(N(C)C)c1. The molecule has 3 heteroatoms. The second-order valence-electron chi connectivity index (χ2n) is 2.61. The minimum Gasteiger partial charge on any atom is -0.376 e. The van der Waals surface area contributed by atoms with Crippen LogP contribution in [0.15, 0.2) is 18.5 Å². The zero-order chi connectivity index (χ0) is 7.56. The molecule has 0 spiro atoms.